The van der Waals surface area contributed by atoms with Crippen LogP contribution in [0.5, 0.6) is 0 Å². The van der Waals surface area contributed by atoms with Crippen molar-refractivity contribution >= 4 is 22.3 Å². The third-order valence-electron chi connectivity index (χ3n) is 4.15. The van der Waals surface area contributed by atoms with Crippen molar-refractivity contribution in [2.24, 2.45) is 0 Å². The van der Waals surface area contributed by atoms with Crippen LogP contribution in [0.2, 0.25) is 0 Å². The predicted octanol–water partition coefficient (Wildman–Crippen LogP) is 3.87. The van der Waals surface area contributed by atoms with E-state index in [1.54, 1.807) is 0 Å². The van der Waals surface area contributed by atoms with E-state index in [0.717, 1.165) is 27.8 Å². The third kappa shape index (κ3) is 2.37. The minimum atomic E-state index is 0.564. The number of nitrogens with one attached hydrogen (secondary N) is 1. The fourth-order valence-corrected chi connectivity index (χ4v) is 2.94. The summed E-state index contributed by atoms with van der Waals surface area (Å²) >= 11 is 0. The number of nitrogens with zero attached hydrogens (tertiary/aromatic N) is 1. The number of benzene rings is 1. The molecule has 19 heavy (non-hydrogen) atoms. The number of anilines is 2. The summed E-state index contributed by atoms with van der Waals surface area (Å²) in [6, 6.07) is 6.77. The monoisotopic (exact) mass is 255 g/mol. The molecule has 1 aromatic carbocycles. The number of aryl methyl sites for hydroxylation is 1. The normalized spacial score (nSPS) is 16.7. The van der Waals surface area contributed by atoms with Crippen molar-refractivity contribution < 1.29 is 0 Å². The summed E-state index contributed by atoms with van der Waals surface area (Å²) in [7, 11) is 0. The Morgan fingerprint density at radius 2 is 1.89 bits per heavy atom. The molecule has 2 aromatic rings. The van der Waals surface area contributed by atoms with Crippen LogP contribution < -0.4 is 11.1 Å². The second-order valence-electron chi connectivity index (χ2n) is 5.53. The highest BCUT2D eigenvalue weighted by molar-refractivity contribution is 6.00. The Kier molecular flexibility index (Phi) is 3.28. The number of rotatable bonds is 2. The summed E-state index contributed by atoms with van der Waals surface area (Å²) in [5.41, 5.74) is 8.16. The standard InChI is InChI=1S/C16H21N3/c1-11-7-8-14-13(15(11)17)9-10-18-16(14)19-12-5-3-2-4-6-12/h7-10,12H,2-6,17H2,1H3,(H,18,19). The molecular formula is C16H21N3. The molecule has 0 radical (unpaired) electrons. The number of pyridine rings is 1. The zero-order chi connectivity index (χ0) is 13.2. The van der Waals surface area contributed by atoms with Crippen LogP contribution in [0.1, 0.15) is 37.7 Å². The summed E-state index contributed by atoms with van der Waals surface area (Å²) < 4.78 is 0. The summed E-state index contributed by atoms with van der Waals surface area (Å²) in [5, 5.41) is 5.84. The van der Waals surface area contributed by atoms with Gasteiger partial charge in [-0.25, -0.2) is 4.98 Å². The van der Waals surface area contributed by atoms with Gasteiger partial charge in [-0.15, -0.1) is 0 Å². The fraction of sp³-hybridized carbons (Fsp3) is 0.438. The largest absolute Gasteiger partial charge is 0.398 e. The predicted molar refractivity (Wildman–Crippen MR) is 81.4 cm³/mol. The van der Waals surface area contributed by atoms with Gasteiger partial charge in [-0.2, -0.15) is 0 Å². The molecule has 0 unspecified atom stereocenters. The van der Waals surface area contributed by atoms with E-state index in [-0.39, 0.29) is 0 Å². The lowest BCUT2D eigenvalue weighted by molar-refractivity contribution is 0.462. The van der Waals surface area contributed by atoms with Gasteiger partial charge in [-0.05, 0) is 31.4 Å². The van der Waals surface area contributed by atoms with E-state index in [4.69, 9.17) is 5.73 Å². The Morgan fingerprint density at radius 1 is 1.11 bits per heavy atom. The number of nitrogen functional groups attached to an aromatic ring is 1. The molecule has 0 aliphatic heterocycles. The molecule has 1 saturated carbocycles. The van der Waals surface area contributed by atoms with Crippen molar-refractivity contribution in [3.05, 3.63) is 30.0 Å². The summed E-state index contributed by atoms with van der Waals surface area (Å²) in [6.45, 7) is 2.05. The van der Waals surface area contributed by atoms with Crippen molar-refractivity contribution in [2.75, 3.05) is 11.1 Å². The Labute approximate surface area is 114 Å². The summed E-state index contributed by atoms with van der Waals surface area (Å²) in [6.07, 6.45) is 8.36. The van der Waals surface area contributed by atoms with Gasteiger partial charge >= 0.3 is 0 Å². The number of fused-ring (bicyclic) bond motifs is 1. The van der Waals surface area contributed by atoms with Gasteiger partial charge in [-0.3, -0.25) is 0 Å². The van der Waals surface area contributed by atoms with Crippen LogP contribution in [0.15, 0.2) is 24.4 Å². The van der Waals surface area contributed by atoms with E-state index in [2.05, 4.69) is 22.4 Å². The quantitative estimate of drug-likeness (QED) is 0.801. The maximum absolute atomic E-state index is 6.16. The average Bonchev–Trinajstić information content (AvgIpc) is 2.45. The topological polar surface area (TPSA) is 50.9 Å². The van der Waals surface area contributed by atoms with Crippen molar-refractivity contribution in [1.82, 2.24) is 4.98 Å². The SMILES string of the molecule is Cc1ccc2c(NC3CCCCC3)nccc2c1N. The Hall–Kier alpha value is -1.77. The maximum Gasteiger partial charge on any atom is 0.134 e. The second kappa shape index (κ2) is 5.08. The maximum atomic E-state index is 6.16. The van der Waals surface area contributed by atoms with Crippen molar-refractivity contribution in [2.45, 2.75) is 45.1 Å². The lowest BCUT2D eigenvalue weighted by Crippen LogP contribution is -2.22. The Bertz CT molecular complexity index is 586. The Morgan fingerprint density at radius 3 is 2.68 bits per heavy atom. The summed E-state index contributed by atoms with van der Waals surface area (Å²) in [4.78, 5) is 4.51. The molecule has 3 nitrogen and oxygen atoms in total. The van der Waals surface area contributed by atoms with E-state index in [0.29, 0.717) is 6.04 Å². The summed E-state index contributed by atoms with van der Waals surface area (Å²) in [5.74, 6) is 0.983. The number of hydrogen-bond acceptors (Lipinski definition) is 3. The van der Waals surface area contributed by atoms with Crippen molar-refractivity contribution in [1.29, 1.82) is 0 Å². The molecule has 1 aliphatic carbocycles. The van der Waals surface area contributed by atoms with Gasteiger partial charge in [0.25, 0.3) is 0 Å². The molecule has 0 saturated heterocycles. The van der Waals surface area contributed by atoms with E-state index in [1.807, 2.05) is 19.2 Å². The smallest absolute Gasteiger partial charge is 0.134 e. The fourth-order valence-electron chi connectivity index (χ4n) is 2.94. The van der Waals surface area contributed by atoms with E-state index in [9.17, 15) is 0 Å². The van der Waals surface area contributed by atoms with Crippen LogP contribution in [0.3, 0.4) is 0 Å². The van der Waals surface area contributed by atoms with E-state index >= 15 is 0 Å². The zero-order valence-corrected chi connectivity index (χ0v) is 11.4. The molecule has 100 valence electrons. The number of aromatic nitrogens is 1. The molecule has 1 fully saturated rings. The highest BCUT2D eigenvalue weighted by atomic mass is 15.0. The minimum Gasteiger partial charge on any atom is -0.398 e. The first-order chi connectivity index (χ1) is 9.25. The van der Waals surface area contributed by atoms with Gasteiger partial charge in [0.05, 0.1) is 0 Å². The molecule has 0 bridgehead atoms. The molecule has 0 amide bonds. The van der Waals surface area contributed by atoms with Crippen LogP contribution in [0, 0.1) is 6.92 Å². The number of nitrogens with two attached hydrogens (primary N) is 1. The Balaban J connectivity index is 1.97. The molecule has 0 spiro atoms. The molecule has 1 heterocycles. The van der Waals surface area contributed by atoms with Crippen LogP contribution in [0.4, 0.5) is 11.5 Å². The van der Waals surface area contributed by atoms with Gasteiger partial charge in [0.15, 0.2) is 0 Å². The first-order valence-electron chi connectivity index (χ1n) is 7.16. The van der Waals surface area contributed by atoms with E-state index < -0.39 is 0 Å². The van der Waals surface area contributed by atoms with Gasteiger partial charge in [0, 0.05) is 28.7 Å². The van der Waals surface area contributed by atoms with Crippen molar-refractivity contribution in [3.63, 3.8) is 0 Å². The van der Waals surface area contributed by atoms with Crippen LogP contribution in [-0.4, -0.2) is 11.0 Å². The zero-order valence-electron chi connectivity index (χ0n) is 11.4. The second-order valence-corrected chi connectivity index (χ2v) is 5.53. The van der Waals surface area contributed by atoms with Crippen LogP contribution in [0.25, 0.3) is 10.8 Å². The molecular weight excluding hydrogens is 234 g/mol. The van der Waals surface area contributed by atoms with Gasteiger partial charge in [0.1, 0.15) is 5.82 Å². The first kappa shape index (κ1) is 12.3. The number of hydrogen-bond donors (Lipinski definition) is 2. The lowest BCUT2D eigenvalue weighted by atomic mass is 9.95. The lowest BCUT2D eigenvalue weighted by Gasteiger charge is -2.24. The average molecular weight is 255 g/mol. The van der Waals surface area contributed by atoms with Gasteiger partial charge in [-0.1, -0.05) is 31.4 Å². The van der Waals surface area contributed by atoms with Crippen LogP contribution in [-0.2, 0) is 0 Å². The third-order valence-corrected chi connectivity index (χ3v) is 4.15. The molecule has 3 N–H and O–H groups in total. The van der Waals surface area contributed by atoms with Crippen LogP contribution >= 0.6 is 0 Å². The van der Waals surface area contributed by atoms with Gasteiger partial charge in [0.2, 0.25) is 0 Å². The molecule has 3 heteroatoms. The first-order valence-corrected chi connectivity index (χ1v) is 7.16. The molecule has 1 aromatic heterocycles. The molecule has 1 aliphatic rings. The molecule has 0 atom stereocenters. The highest BCUT2D eigenvalue weighted by Crippen LogP contribution is 2.30. The highest BCUT2D eigenvalue weighted by Gasteiger charge is 2.15. The molecule has 3 rings (SSSR count). The van der Waals surface area contributed by atoms with Crippen molar-refractivity contribution in [3.8, 4) is 0 Å². The minimum absolute atomic E-state index is 0.564. The van der Waals surface area contributed by atoms with Gasteiger partial charge < -0.3 is 11.1 Å². The van der Waals surface area contributed by atoms with E-state index in [1.165, 1.54) is 32.1 Å².